The van der Waals surface area contributed by atoms with Gasteiger partial charge >= 0.3 is 12.2 Å². The monoisotopic (exact) mass is 786 g/mol. The third-order valence-corrected chi connectivity index (χ3v) is 11.7. The van der Waals surface area contributed by atoms with E-state index in [0.717, 1.165) is 71.0 Å². The van der Waals surface area contributed by atoms with E-state index in [-0.39, 0.29) is 35.7 Å². The third-order valence-electron chi connectivity index (χ3n) is 11.7. The highest BCUT2D eigenvalue weighted by Crippen LogP contribution is 2.35. The SMILES string of the molecule is CC(C)[C@@H](C(=O)N1CCC[C@H]1c1ncc(-c2ccc(C#Cc3ccc(-c4cnc([C@@H]5CCCN5C(=O)[C@H](C(C)C)N5CCOC5=O)[nH]4)cc3)cc2)[nH]1)N1CCOC1=O. The van der Waals surface area contributed by atoms with Gasteiger partial charge < -0.3 is 29.2 Å². The van der Waals surface area contributed by atoms with Gasteiger partial charge in [-0.2, -0.15) is 0 Å². The molecule has 0 bridgehead atoms. The lowest BCUT2D eigenvalue weighted by Gasteiger charge is -2.33. The molecule has 14 heteroatoms. The van der Waals surface area contributed by atoms with Crippen LogP contribution in [-0.4, -0.2) is 115 Å². The molecule has 4 aliphatic heterocycles. The molecule has 0 aliphatic carbocycles. The fraction of sp³-hybridized carbons (Fsp3) is 0.455. The smallest absolute Gasteiger partial charge is 0.410 e. The van der Waals surface area contributed by atoms with E-state index in [9.17, 15) is 19.2 Å². The van der Waals surface area contributed by atoms with Crippen molar-refractivity contribution in [2.24, 2.45) is 11.8 Å². The lowest BCUT2D eigenvalue weighted by Crippen LogP contribution is -2.51. The number of aromatic nitrogens is 4. The Morgan fingerprint density at radius 3 is 1.38 bits per heavy atom. The van der Waals surface area contributed by atoms with Crippen LogP contribution in [0.4, 0.5) is 9.59 Å². The molecule has 0 radical (unpaired) electrons. The number of H-pyrrole nitrogens is 2. The van der Waals surface area contributed by atoms with Crippen LogP contribution in [0, 0.1) is 23.7 Å². The first-order valence-corrected chi connectivity index (χ1v) is 20.4. The van der Waals surface area contributed by atoms with Crippen molar-refractivity contribution in [1.29, 1.82) is 0 Å². The van der Waals surface area contributed by atoms with Crippen molar-refractivity contribution >= 4 is 24.0 Å². The van der Waals surface area contributed by atoms with E-state index in [0.29, 0.717) is 39.4 Å². The summed E-state index contributed by atoms with van der Waals surface area (Å²) in [6, 6.07) is 14.4. The zero-order chi connectivity index (χ0) is 40.5. The van der Waals surface area contributed by atoms with Crippen LogP contribution in [0.25, 0.3) is 22.5 Å². The second-order valence-corrected chi connectivity index (χ2v) is 16.1. The standard InChI is InChI=1S/C44H50N8O6/c1-27(2)37(51-21-23-57-43(51)55)41(53)49-19-5-7-35(49)39-45-25-33(47-39)31-15-11-29(12-16-31)9-10-30-13-17-32(18-14-30)34-26-46-40(48-34)36-8-6-20-50(36)42(54)38(28(3)4)52-22-24-58-44(52)56/h11-18,25-28,35-38H,5-8,19-24H2,1-4H3,(H,45,47)(H,46,48)/t35-,36-,37-,38-/m0/s1. The Labute approximate surface area is 338 Å². The first kappa shape index (κ1) is 38.8. The Balaban J connectivity index is 0.895. The predicted octanol–water partition coefficient (Wildman–Crippen LogP) is 6.15. The van der Waals surface area contributed by atoms with E-state index < -0.39 is 24.3 Å². The first-order chi connectivity index (χ1) is 28.1. The average molecular weight is 787 g/mol. The highest BCUT2D eigenvalue weighted by atomic mass is 16.6. The Bertz CT molecular complexity index is 2060. The predicted molar refractivity (Wildman–Crippen MR) is 215 cm³/mol. The van der Waals surface area contributed by atoms with Gasteiger partial charge in [0.15, 0.2) is 0 Å². The molecule has 4 saturated heterocycles. The quantitative estimate of drug-likeness (QED) is 0.182. The van der Waals surface area contributed by atoms with Crippen LogP contribution in [0.15, 0.2) is 60.9 Å². The fourth-order valence-corrected chi connectivity index (χ4v) is 8.76. The van der Waals surface area contributed by atoms with Crippen LogP contribution < -0.4 is 0 Å². The molecule has 2 N–H and O–H groups in total. The molecular formula is C44H50N8O6. The molecule has 4 aromatic rings. The second kappa shape index (κ2) is 16.4. The third kappa shape index (κ3) is 7.65. The van der Waals surface area contributed by atoms with E-state index in [1.54, 1.807) is 22.2 Å². The molecule has 2 aromatic heterocycles. The first-order valence-electron chi connectivity index (χ1n) is 20.4. The van der Waals surface area contributed by atoms with E-state index >= 15 is 0 Å². The number of amides is 4. The minimum atomic E-state index is -0.566. The molecule has 0 spiro atoms. The summed E-state index contributed by atoms with van der Waals surface area (Å²) in [7, 11) is 0. The number of hydrogen-bond acceptors (Lipinski definition) is 8. The number of cyclic esters (lactones) is 2. The van der Waals surface area contributed by atoms with Gasteiger partial charge in [-0.1, -0.05) is 63.8 Å². The van der Waals surface area contributed by atoms with Crippen molar-refractivity contribution in [3.8, 4) is 34.4 Å². The topological polar surface area (TPSA) is 157 Å². The highest BCUT2D eigenvalue weighted by Gasteiger charge is 2.44. The molecule has 4 aliphatic rings. The number of carbonyl (C=O) groups is 4. The van der Waals surface area contributed by atoms with Gasteiger partial charge in [0.2, 0.25) is 11.8 Å². The number of ether oxygens (including phenoxy) is 2. The summed E-state index contributed by atoms with van der Waals surface area (Å²) in [5.41, 5.74) is 5.38. The molecular weight excluding hydrogens is 737 g/mol. The fourth-order valence-electron chi connectivity index (χ4n) is 8.76. The summed E-state index contributed by atoms with van der Waals surface area (Å²) < 4.78 is 10.3. The molecule has 6 heterocycles. The van der Waals surface area contributed by atoms with Gasteiger partial charge in [0, 0.05) is 24.2 Å². The maximum absolute atomic E-state index is 13.8. The lowest BCUT2D eigenvalue weighted by atomic mass is 10.0. The molecule has 0 saturated carbocycles. The normalized spacial score (nSPS) is 20.4. The van der Waals surface area contributed by atoms with Gasteiger partial charge in [-0.05, 0) is 72.9 Å². The van der Waals surface area contributed by atoms with Crippen LogP contribution in [0.3, 0.4) is 0 Å². The van der Waals surface area contributed by atoms with E-state index in [1.165, 1.54) is 0 Å². The van der Waals surface area contributed by atoms with Crippen molar-refractivity contribution in [2.45, 2.75) is 77.5 Å². The Hall–Kier alpha value is -6.10. The minimum absolute atomic E-state index is 0.0483. The maximum atomic E-state index is 13.8. The zero-order valence-electron chi connectivity index (χ0n) is 33.4. The van der Waals surface area contributed by atoms with Gasteiger partial charge in [0.1, 0.15) is 36.9 Å². The van der Waals surface area contributed by atoms with Gasteiger partial charge in [-0.3, -0.25) is 19.4 Å². The van der Waals surface area contributed by atoms with Crippen molar-refractivity contribution in [3.63, 3.8) is 0 Å². The zero-order valence-corrected chi connectivity index (χ0v) is 33.4. The van der Waals surface area contributed by atoms with Crippen LogP contribution >= 0.6 is 0 Å². The number of benzene rings is 2. The molecule has 4 atom stereocenters. The number of hydrogen-bond donors (Lipinski definition) is 2. The van der Waals surface area contributed by atoms with Crippen molar-refractivity contribution in [3.05, 3.63) is 83.7 Å². The Morgan fingerprint density at radius 1 is 0.638 bits per heavy atom. The van der Waals surface area contributed by atoms with E-state index in [4.69, 9.17) is 19.4 Å². The summed E-state index contributed by atoms with van der Waals surface area (Å²) >= 11 is 0. The molecule has 302 valence electrons. The number of imidazole rings is 2. The second-order valence-electron chi connectivity index (χ2n) is 16.1. The van der Waals surface area contributed by atoms with Crippen molar-refractivity contribution in [1.82, 2.24) is 39.5 Å². The van der Waals surface area contributed by atoms with Crippen LogP contribution in [0.2, 0.25) is 0 Å². The van der Waals surface area contributed by atoms with Gasteiger partial charge in [-0.15, -0.1) is 0 Å². The molecule has 4 amide bonds. The lowest BCUT2D eigenvalue weighted by molar-refractivity contribution is -0.139. The van der Waals surface area contributed by atoms with Crippen molar-refractivity contribution in [2.75, 3.05) is 39.4 Å². The van der Waals surface area contributed by atoms with Gasteiger partial charge in [0.05, 0.1) is 49.0 Å². The Kier molecular flexibility index (Phi) is 11.0. The number of aromatic amines is 2. The summed E-state index contributed by atoms with van der Waals surface area (Å²) in [6.07, 6.45) is 6.08. The highest BCUT2D eigenvalue weighted by molar-refractivity contribution is 5.88. The van der Waals surface area contributed by atoms with Crippen molar-refractivity contribution < 1.29 is 28.7 Å². The average Bonchev–Trinajstić information content (AvgIpc) is 4.07. The van der Waals surface area contributed by atoms with E-state index in [1.807, 2.05) is 86.0 Å². The molecule has 58 heavy (non-hydrogen) atoms. The number of likely N-dealkylation sites (tertiary alicyclic amines) is 2. The number of nitrogens with one attached hydrogen (secondary N) is 2. The minimum Gasteiger partial charge on any atom is -0.448 e. The molecule has 0 unspecified atom stereocenters. The van der Waals surface area contributed by atoms with Crippen LogP contribution in [0.5, 0.6) is 0 Å². The maximum Gasteiger partial charge on any atom is 0.410 e. The molecule has 8 rings (SSSR count). The van der Waals surface area contributed by atoms with Gasteiger partial charge in [0.25, 0.3) is 0 Å². The summed E-state index contributed by atoms with van der Waals surface area (Å²) in [6.45, 7) is 10.5. The largest absolute Gasteiger partial charge is 0.448 e. The summed E-state index contributed by atoms with van der Waals surface area (Å²) in [5.74, 6) is 7.78. The number of nitrogens with zero attached hydrogens (tertiary/aromatic N) is 6. The summed E-state index contributed by atoms with van der Waals surface area (Å²) in [4.78, 5) is 75.5. The van der Waals surface area contributed by atoms with Crippen LogP contribution in [0.1, 0.15) is 88.2 Å². The van der Waals surface area contributed by atoms with Gasteiger partial charge in [-0.25, -0.2) is 19.6 Å². The molecule has 14 nitrogen and oxygen atoms in total. The molecule has 4 fully saturated rings. The number of carbonyl (C=O) groups excluding carboxylic acids is 4. The van der Waals surface area contributed by atoms with Crippen LogP contribution in [-0.2, 0) is 19.1 Å². The number of rotatable bonds is 10. The Morgan fingerprint density at radius 2 is 1.03 bits per heavy atom. The van der Waals surface area contributed by atoms with E-state index in [2.05, 4.69) is 21.8 Å². The summed E-state index contributed by atoms with van der Waals surface area (Å²) in [5, 5.41) is 0. The molecule has 2 aromatic carbocycles.